The van der Waals surface area contributed by atoms with Gasteiger partial charge in [-0.25, -0.2) is 4.79 Å². The van der Waals surface area contributed by atoms with Crippen LogP contribution in [0.5, 0.6) is 0 Å². The summed E-state index contributed by atoms with van der Waals surface area (Å²) in [7, 11) is 0. The van der Waals surface area contributed by atoms with Crippen molar-refractivity contribution in [2.45, 2.75) is 58.0 Å². The number of ether oxygens (including phenoxy) is 2. The molecule has 0 aromatic carbocycles. The Morgan fingerprint density at radius 1 is 1.25 bits per heavy atom. The fourth-order valence-electron chi connectivity index (χ4n) is 3.45. The van der Waals surface area contributed by atoms with Crippen LogP contribution < -0.4 is 0 Å². The zero-order chi connectivity index (χ0) is 15.2. The highest BCUT2D eigenvalue weighted by Gasteiger charge is 2.70. The lowest BCUT2D eigenvalue weighted by Crippen LogP contribution is -2.64. The van der Waals surface area contributed by atoms with E-state index >= 15 is 0 Å². The van der Waals surface area contributed by atoms with Crippen LogP contribution in [0.25, 0.3) is 0 Å². The molecule has 2 aliphatic rings. The third-order valence-corrected chi connectivity index (χ3v) is 5.12. The van der Waals surface area contributed by atoms with Crippen LogP contribution in [-0.2, 0) is 9.47 Å². The summed E-state index contributed by atoms with van der Waals surface area (Å²) in [6.07, 6.45) is 1.76. The van der Waals surface area contributed by atoms with Crippen LogP contribution in [0, 0.1) is 17.3 Å². The van der Waals surface area contributed by atoms with Crippen molar-refractivity contribution in [2.75, 3.05) is 6.61 Å². The topological polar surface area (TPSA) is 96.2 Å². The fourth-order valence-corrected chi connectivity index (χ4v) is 3.45. The minimum atomic E-state index is -2.40. The molecular formula is C14H24O6. The number of hydrogen-bond donors (Lipinski definition) is 3. The zero-order valence-electron chi connectivity index (χ0n) is 12.3. The summed E-state index contributed by atoms with van der Waals surface area (Å²) in [5.41, 5.74) is -0.845. The average Bonchev–Trinajstić information content (AvgIpc) is 2.62. The minimum Gasteiger partial charge on any atom is -0.394 e. The summed E-state index contributed by atoms with van der Waals surface area (Å²) in [5.74, 6) is -3.52. The van der Waals surface area contributed by atoms with Gasteiger partial charge in [0.1, 0.15) is 6.61 Å². The van der Waals surface area contributed by atoms with E-state index in [1.165, 1.54) is 0 Å². The van der Waals surface area contributed by atoms with E-state index in [4.69, 9.17) is 4.74 Å². The summed E-state index contributed by atoms with van der Waals surface area (Å²) >= 11 is 0. The second kappa shape index (κ2) is 4.86. The number of carbonyl (C=O) groups is 1. The number of hydrogen-bond acceptors (Lipinski definition) is 6. The van der Waals surface area contributed by atoms with Crippen LogP contribution in [0.3, 0.4) is 0 Å². The Morgan fingerprint density at radius 2 is 1.80 bits per heavy atom. The van der Waals surface area contributed by atoms with E-state index in [0.717, 1.165) is 12.8 Å². The lowest BCUT2D eigenvalue weighted by molar-refractivity contribution is -0.353. The predicted octanol–water partition coefficient (Wildman–Crippen LogP) is 1.38. The zero-order valence-corrected chi connectivity index (χ0v) is 12.3. The van der Waals surface area contributed by atoms with Gasteiger partial charge in [0.2, 0.25) is 0 Å². The molecule has 2 rings (SSSR count). The van der Waals surface area contributed by atoms with Crippen molar-refractivity contribution in [3.05, 3.63) is 0 Å². The summed E-state index contributed by atoms with van der Waals surface area (Å²) in [6.45, 7) is 5.17. The summed E-state index contributed by atoms with van der Waals surface area (Å²) < 4.78 is 9.48. The van der Waals surface area contributed by atoms with Crippen molar-refractivity contribution in [2.24, 2.45) is 17.3 Å². The summed E-state index contributed by atoms with van der Waals surface area (Å²) in [6, 6.07) is 0. The molecular weight excluding hydrogens is 264 g/mol. The van der Waals surface area contributed by atoms with E-state index in [-0.39, 0.29) is 0 Å². The van der Waals surface area contributed by atoms with E-state index in [1.807, 2.05) is 0 Å². The first-order valence-electron chi connectivity index (χ1n) is 7.15. The molecule has 1 saturated carbocycles. The van der Waals surface area contributed by atoms with Gasteiger partial charge in [-0.1, -0.05) is 20.8 Å². The standard InChI is InChI=1S/C14H24O6/c1-9(2)10-4-6-12(3,7-5-10)14(18)13(17,8-15)19-11(16)20-14/h9-10,15,17-18H,4-8H2,1-3H3. The van der Waals surface area contributed by atoms with E-state index in [1.54, 1.807) is 6.92 Å². The SMILES string of the molecule is CC(C)C1CCC(C)(C2(O)OC(=O)OC2(O)CO)CC1. The maximum Gasteiger partial charge on any atom is 0.513 e. The van der Waals surface area contributed by atoms with Crippen molar-refractivity contribution in [1.82, 2.24) is 0 Å². The third-order valence-electron chi connectivity index (χ3n) is 5.12. The molecule has 1 aliphatic carbocycles. The highest BCUT2D eigenvalue weighted by Crippen LogP contribution is 2.54. The molecule has 2 fully saturated rings. The summed E-state index contributed by atoms with van der Waals surface area (Å²) in [5, 5.41) is 30.2. The van der Waals surface area contributed by atoms with Crippen LogP contribution >= 0.6 is 0 Å². The first-order valence-corrected chi connectivity index (χ1v) is 7.15. The number of aliphatic hydroxyl groups is 3. The minimum absolute atomic E-state index is 0.548. The molecule has 0 aromatic rings. The van der Waals surface area contributed by atoms with Crippen LogP contribution in [0.2, 0.25) is 0 Å². The molecule has 6 nitrogen and oxygen atoms in total. The van der Waals surface area contributed by atoms with Gasteiger partial charge in [-0.3, -0.25) is 0 Å². The number of rotatable bonds is 3. The number of aliphatic hydroxyl groups excluding tert-OH is 1. The Balaban J connectivity index is 2.23. The Morgan fingerprint density at radius 3 is 2.25 bits per heavy atom. The van der Waals surface area contributed by atoms with Gasteiger partial charge in [0.05, 0.1) is 0 Å². The molecule has 0 spiro atoms. The van der Waals surface area contributed by atoms with E-state index in [2.05, 4.69) is 18.6 Å². The Labute approximate surface area is 118 Å². The van der Waals surface area contributed by atoms with Gasteiger partial charge in [-0.2, -0.15) is 0 Å². The van der Waals surface area contributed by atoms with E-state index in [9.17, 15) is 20.1 Å². The Bertz CT molecular complexity index is 387. The maximum atomic E-state index is 11.3. The molecule has 1 aliphatic heterocycles. The fraction of sp³-hybridized carbons (Fsp3) is 0.929. The largest absolute Gasteiger partial charge is 0.513 e. The lowest BCUT2D eigenvalue weighted by Gasteiger charge is -2.48. The lowest BCUT2D eigenvalue weighted by atomic mass is 9.63. The Kier molecular flexibility index (Phi) is 3.77. The summed E-state index contributed by atoms with van der Waals surface area (Å²) in [4.78, 5) is 11.3. The first kappa shape index (κ1) is 15.5. The van der Waals surface area contributed by atoms with Crippen molar-refractivity contribution >= 4 is 6.16 Å². The highest BCUT2D eigenvalue weighted by molar-refractivity contribution is 5.64. The molecule has 0 radical (unpaired) electrons. The van der Waals surface area contributed by atoms with Crippen molar-refractivity contribution in [3.63, 3.8) is 0 Å². The predicted molar refractivity (Wildman–Crippen MR) is 69.5 cm³/mol. The van der Waals surface area contributed by atoms with Gasteiger partial charge >= 0.3 is 11.9 Å². The van der Waals surface area contributed by atoms with Gasteiger partial charge in [0.15, 0.2) is 0 Å². The van der Waals surface area contributed by atoms with Gasteiger partial charge < -0.3 is 24.8 Å². The molecule has 1 heterocycles. The third kappa shape index (κ3) is 2.10. The second-order valence-electron chi connectivity index (χ2n) is 6.68. The van der Waals surface area contributed by atoms with Crippen molar-refractivity contribution in [1.29, 1.82) is 0 Å². The molecule has 2 atom stereocenters. The molecule has 1 saturated heterocycles. The van der Waals surface area contributed by atoms with Crippen LogP contribution in [0.4, 0.5) is 4.79 Å². The van der Waals surface area contributed by atoms with Gasteiger partial charge in [0.25, 0.3) is 5.79 Å². The van der Waals surface area contributed by atoms with Crippen LogP contribution in [0.15, 0.2) is 0 Å². The Hall–Kier alpha value is -0.850. The molecule has 116 valence electrons. The quantitative estimate of drug-likeness (QED) is 0.679. The smallest absolute Gasteiger partial charge is 0.394 e. The molecule has 2 unspecified atom stereocenters. The van der Waals surface area contributed by atoms with Gasteiger partial charge in [-0.05, 0) is 37.5 Å². The van der Waals surface area contributed by atoms with Crippen molar-refractivity contribution < 1.29 is 29.6 Å². The molecule has 20 heavy (non-hydrogen) atoms. The molecule has 6 heteroatoms. The average molecular weight is 288 g/mol. The second-order valence-corrected chi connectivity index (χ2v) is 6.68. The van der Waals surface area contributed by atoms with Gasteiger partial charge in [0, 0.05) is 5.41 Å². The molecule has 0 bridgehead atoms. The maximum absolute atomic E-state index is 11.3. The normalized spacial score (nSPS) is 45.4. The van der Waals surface area contributed by atoms with Gasteiger partial charge in [-0.15, -0.1) is 0 Å². The van der Waals surface area contributed by atoms with Crippen LogP contribution in [0.1, 0.15) is 46.5 Å². The van der Waals surface area contributed by atoms with Crippen LogP contribution in [-0.4, -0.2) is 39.7 Å². The number of cyclic esters (lactones) is 2. The molecule has 0 amide bonds. The molecule has 3 N–H and O–H groups in total. The monoisotopic (exact) mass is 288 g/mol. The van der Waals surface area contributed by atoms with E-state index < -0.39 is 29.8 Å². The number of carbonyl (C=O) groups excluding carboxylic acids is 1. The molecule has 0 aromatic heterocycles. The van der Waals surface area contributed by atoms with E-state index in [0.29, 0.717) is 24.7 Å². The highest BCUT2D eigenvalue weighted by atomic mass is 16.9. The first-order chi connectivity index (χ1) is 9.17. The van der Waals surface area contributed by atoms with Crippen molar-refractivity contribution in [3.8, 4) is 0 Å².